The molecule has 4 aromatic rings. The molecule has 0 spiro atoms. The smallest absolute Gasteiger partial charge is 0.310 e. The van der Waals surface area contributed by atoms with Crippen molar-refractivity contribution in [2.75, 3.05) is 0 Å². The van der Waals surface area contributed by atoms with Crippen LogP contribution in [0.15, 0.2) is 97.1 Å². The van der Waals surface area contributed by atoms with E-state index in [2.05, 4.69) is 0 Å². The van der Waals surface area contributed by atoms with E-state index in [1.165, 1.54) is 97.1 Å². The minimum absolute atomic E-state index is 0. The summed E-state index contributed by atoms with van der Waals surface area (Å²) in [4.78, 5) is 37.8. The average Bonchev–Trinajstić information content (AvgIpc) is 2.90. The molecule has 0 bridgehead atoms. The molecule has 17 heteroatoms. The zero-order chi connectivity index (χ0) is 30.2. The van der Waals surface area contributed by atoms with Gasteiger partial charge in [0.2, 0.25) is 0 Å². The Kier molecular flexibility index (Phi) is 15.4. The predicted octanol–water partition coefficient (Wildman–Crippen LogP) is 5.20. The molecule has 0 aliphatic heterocycles. The third-order valence-corrected chi connectivity index (χ3v) is 4.31. The largest absolute Gasteiger partial charge is 0.502 e. The Balaban J connectivity index is 0.000000516. The van der Waals surface area contributed by atoms with Gasteiger partial charge in [0.25, 0.3) is 0 Å². The predicted molar refractivity (Wildman–Crippen MR) is 139 cm³/mol. The van der Waals surface area contributed by atoms with Gasteiger partial charge < -0.3 is 20.4 Å². The Bertz CT molecular complexity index is 1260. The first-order valence-electron chi connectivity index (χ1n) is 10.6. The molecule has 0 atom stereocenters. The molecular weight excluding hydrogens is 584 g/mol. The monoisotopic (exact) mass is 604 g/mol. The number of nitro groups is 4. The zero-order valence-corrected chi connectivity index (χ0v) is 22.1. The van der Waals surface area contributed by atoms with Crippen LogP contribution in [0, 0.1) is 40.5 Å². The standard InChI is InChI=1S/4C6H5NO3.Ti/c4*8-6-4-2-1-3-5(6)7(9)10;/h4*1-4,8H;. The van der Waals surface area contributed by atoms with Crippen LogP contribution in [0.4, 0.5) is 22.7 Å². The summed E-state index contributed by atoms with van der Waals surface area (Å²) in [5.41, 5.74) is -1.05. The molecule has 4 rings (SSSR count). The van der Waals surface area contributed by atoms with Crippen molar-refractivity contribution in [3.63, 3.8) is 0 Å². The van der Waals surface area contributed by atoms with Crippen molar-refractivity contribution in [1.82, 2.24) is 0 Å². The molecule has 0 radical (unpaired) electrons. The summed E-state index contributed by atoms with van der Waals surface area (Å²) in [7, 11) is 0. The molecule has 4 N–H and O–H groups in total. The van der Waals surface area contributed by atoms with Crippen molar-refractivity contribution < 1.29 is 61.8 Å². The van der Waals surface area contributed by atoms with Crippen molar-refractivity contribution in [2.24, 2.45) is 0 Å². The molecule has 0 aromatic heterocycles. The molecule has 0 unspecified atom stereocenters. The summed E-state index contributed by atoms with van der Waals surface area (Å²) in [5, 5.41) is 75.6. The maximum Gasteiger partial charge on any atom is 0.310 e. The van der Waals surface area contributed by atoms with Crippen LogP contribution in [0.25, 0.3) is 0 Å². The van der Waals surface area contributed by atoms with Crippen LogP contribution in [-0.4, -0.2) is 40.1 Å². The number of hydrogen-bond donors (Lipinski definition) is 4. The minimum Gasteiger partial charge on any atom is -0.502 e. The Morgan fingerprint density at radius 3 is 0.610 bits per heavy atom. The maximum atomic E-state index is 10.1. The number of para-hydroxylation sites is 8. The molecule has 0 aliphatic carbocycles. The molecule has 0 heterocycles. The average molecular weight is 604 g/mol. The summed E-state index contributed by atoms with van der Waals surface area (Å²) >= 11 is 0. The van der Waals surface area contributed by atoms with Crippen molar-refractivity contribution in [3.05, 3.63) is 138 Å². The third kappa shape index (κ3) is 12.2. The second kappa shape index (κ2) is 17.8. The van der Waals surface area contributed by atoms with Gasteiger partial charge in [-0.05, 0) is 24.3 Å². The van der Waals surface area contributed by atoms with Crippen LogP contribution < -0.4 is 0 Å². The molecule has 41 heavy (non-hydrogen) atoms. The molecule has 16 nitrogen and oxygen atoms in total. The molecule has 4 aromatic carbocycles. The number of phenols is 4. The summed E-state index contributed by atoms with van der Waals surface area (Å²) < 4.78 is 0. The van der Waals surface area contributed by atoms with E-state index in [0.29, 0.717) is 0 Å². The number of rotatable bonds is 4. The van der Waals surface area contributed by atoms with E-state index in [-0.39, 0.29) is 67.5 Å². The molecule has 212 valence electrons. The van der Waals surface area contributed by atoms with E-state index in [1.807, 2.05) is 0 Å². The fourth-order valence-corrected chi connectivity index (χ4v) is 2.47. The minimum atomic E-state index is -0.630. The number of benzene rings is 4. The first kappa shape index (κ1) is 35.4. The van der Waals surface area contributed by atoms with Crippen molar-refractivity contribution in [1.29, 1.82) is 0 Å². The first-order valence-corrected chi connectivity index (χ1v) is 10.6. The number of nitrogens with zero attached hydrogens (tertiary/aromatic N) is 4. The van der Waals surface area contributed by atoms with Gasteiger partial charge >= 0.3 is 22.7 Å². The van der Waals surface area contributed by atoms with Crippen molar-refractivity contribution in [3.8, 4) is 23.0 Å². The zero-order valence-electron chi connectivity index (χ0n) is 20.6. The second-order valence-corrected chi connectivity index (χ2v) is 6.98. The van der Waals surface area contributed by atoms with Crippen LogP contribution in [0.1, 0.15) is 0 Å². The van der Waals surface area contributed by atoms with E-state index in [9.17, 15) is 40.5 Å². The molecule has 0 saturated carbocycles. The summed E-state index contributed by atoms with van der Waals surface area (Å²) in [6.07, 6.45) is 0. The molecular formula is C24H20N4O12Ti. The van der Waals surface area contributed by atoms with E-state index in [4.69, 9.17) is 20.4 Å². The fourth-order valence-electron chi connectivity index (χ4n) is 2.47. The van der Waals surface area contributed by atoms with E-state index in [0.717, 1.165) is 0 Å². The van der Waals surface area contributed by atoms with Gasteiger partial charge in [-0.15, -0.1) is 0 Å². The number of nitro benzene ring substituents is 4. The Labute approximate surface area is 244 Å². The van der Waals surface area contributed by atoms with Gasteiger partial charge in [-0.1, -0.05) is 48.5 Å². The molecule has 0 saturated heterocycles. The molecule has 0 amide bonds. The summed E-state index contributed by atoms with van der Waals surface area (Å²) in [6.45, 7) is 0. The topological polar surface area (TPSA) is 253 Å². The maximum absolute atomic E-state index is 10.1. The SMILES string of the molecule is O=[N+]([O-])c1ccccc1O.O=[N+]([O-])c1ccccc1O.O=[N+]([O-])c1ccccc1O.O=[N+]([O-])c1ccccc1O.[Ti]. The quantitative estimate of drug-likeness (QED) is 0.133. The van der Waals surface area contributed by atoms with Gasteiger partial charge in [0.05, 0.1) is 19.7 Å². The molecule has 0 fully saturated rings. The normalized spacial score (nSPS) is 8.98. The summed E-state index contributed by atoms with van der Waals surface area (Å²) in [5.74, 6) is -1.19. The van der Waals surface area contributed by atoms with Crippen molar-refractivity contribution >= 4 is 22.7 Å². The van der Waals surface area contributed by atoms with Crippen LogP contribution in [0.3, 0.4) is 0 Å². The Morgan fingerprint density at radius 2 is 0.512 bits per heavy atom. The Morgan fingerprint density at radius 1 is 0.366 bits per heavy atom. The fraction of sp³-hybridized carbons (Fsp3) is 0. The van der Waals surface area contributed by atoms with E-state index in [1.54, 1.807) is 0 Å². The van der Waals surface area contributed by atoms with E-state index >= 15 is 0 Å². The van der Waals surface area contributed by atoms with Gasteiger partial charge in [-0.3, -0.25) is 40.5 Å². The Hall–Kier alpha value is -5.61. The van der Waals surface area contributed by atoms with Gasteiger partial charge in [0, 0.05) is 46.0 Å². The second-order valence-electron chi connectivity index (χ2n) is 6.98. The van der Waals surface area contributed by atoms with Crippen LogP contribution in [0.5, 0.6) is 23.0 Å². The third-order valence-electron chi connectivity index (χ3n) is 4.31. The first-order chi connectivity index (χ1) is 18.9. The number of aromatic hydroxyl groups is 4. The van der Waals surface area contributed by atoms with Gasteiger partial charge in [-0.2, -0.15) is 0 Å². The van der Waals surface area contributed by atoms with E-state index < -0.39 is 19.7 Å². The van der Waals surface area contributed by atoms with Gasteiger partial charge in [-0.25, -0.2) is 0 Å². The molecule has 0 aliphatic rings. The van der Waals surface area contributed by atoms with Crippen molar-refractivity contribution in [2.45, 2.75) is 0 Å². The van der Waals surface area contributed by atoms with Crippen LogP contribution in [0.2, 0.25) is 0 Å². The van der Waals surface area contributed by atoms with Crippen LogP contribution in [-0.2, 0) is 21.7 Å². The van der Waals surface area contributed by atoms with Crippen LogP contribution >= 0.6 is 0 Å². The van der Waals surface area contributed by atoms with Gasteiger partial charge in [0.15, 0.2) is 23.0 Å². The summed E-state index contributed by atoms with van der Waals surface area (Å²) in [6, 6.07) is 22.2. The number of phenolic OH excluding ortho intramolecular Hbond substituents is 4. The van der Waals surface area contributed by atoms with Gasteiger partial charge in [0.1, 0.15) is 0 Å². The number of hydrogen-bond acceptors (Lipinski definition) is 12.